The van der Waals surface area contributed by atoms with Crippen molar-refractivity contribution in [3.05, 3.63) is 29.8 Å². The Morgan fingerprint density at radius 1 is 1.41 bits per heavy atom. The molecule has 0 aliphatic carbocycles. The zero-order valence-electron chi connectivity index (χ0n) is 9.61. The van der Waals surface area contributed by atoms with Gasteiger partial charge in [0.15, 0.2) is 0 Å². The summed E-state index contributed by atoms with van der Waals surface area (Å²) in [5, 5.41) is 6.41. The molecule has 2 aliphatic rings. The Bertz CT molecular complexity index is 429. The molecule has 2 heterocycles. The SMILES string of the molecule is O=C(NC1CCNC1)C1CSc2ccccc21. The smallest absolute Gasteiger partial charge is 0.228 e. The minimum absolute atomic E-state index is 0.0387. The van der Waals surface area contributed by atoms with E-state index in [-0.39, 0.29) is 11.8 Å². The van der Waals surface area contributed by atoms with E-state index >= 15 is 0 Å². The van der Waals surface area contributed by atoms with E-state index in [1.807, 2.05) is 12.1 Å². The molecule has 2 N–H and O–H groups in total. The maximum atomic E-state index is 12.2. The molecule has 4 heteroatoms. The lowest BCUT2D eigenvalue weighted by molar-refractivity contribution is -0.122. The fourth-order valence-electron chi connectivity index (χ4n) is 2.46. The Balaban J connectivity index is 1.71. The van der Waals surface area contributed by atoms with Crippen LogP contribution in [0.2, 0.25) is 0 Å². The number of nitrogens with one attached hydrogen (secondary N) is 2. The molecule has 1 fully saturated rings. The summed E-state index contributed by atoms with van der Waals surface area (Å²) in [4.78, 5) is 13.5. The van der Waals surface area contributed by atoms with Crippen molar-refractivity contribution in [1.29, 1.82) is 0 Å². The Morgan fingerprint density at radius 2 is 2.29 bits per heavy atom. The van der Waals surface area contributed by atoms with Crippen LogP contribution in [-0.2, 0) is 4.79 Å². The largest absolute Gasteiger partial charge is 0.351 e. The van der Waals surface area contributed by atoms with Crippen LogP contribution >= 0.6 is 11.8 Å². The summed E-state index contributed by atoms with van der Waals surface area (Å²) < 4.78 is 0. The average molecular weight is 248 g/mol. The molecule has 2 unspecified atom stereocenters. The fraction of sp³-hybridized carbons (Fsp3) is 0.462. The normalized spacial score (nSPS) is 26.8. The number of fused-ring (bicyclic) bond motifs is 1. The first kappa shape index (κ1) is 11.1. The maximum absolute atomic E-state index is 12.2. The molecule has 0 radical (unpaired) electrons. The Kier molecular flexibility index (Phi) is 3.07. The molecule has 90 valence electrons. The third-order valence-electron chi connectivity index (χ3n) is 3.42. The summed E-state index contributed by atoms with van der Waals surface area (Å²) in [6.07, 6.45) is 1.05. The van der Waals surface area contributed by atoms with Crippen molar-refractivity contribution >= 4 is 17.7 Å². The number of hydrogen-bond donors (Lipinski definition) is 2. The molecular weight excluding hydrogens is 232 g/mol. The van der Waals surface area contributed by atoms with Crippen LogP contribution in [-0.4, -0.2) is 30.8 Å². The lowest BCUT2D eigenvalue weighted by atomic mass is 10.00. The average Bonchev–Trinajstić information content (AvgIpc) is 2.96. The molecule has 2 atom stereocenters. The van der Waals surface area contributed by atoms with E-state index in [2.05, 4.69) is 22.8 Å². The van der Waals surface area contributed by atoms with E-state index in [0.29, 0.717) is 6.04 Å². The molecule has 2 aliphatic heterocycles. The number of hydrogen-bond acceptors (Lipinski definition) is 3. The van der Waals surface area contributed by atoms with Crippen molar-refractivity contribution in [2.75, 3.05) is 18.8 Å². The second kappa shape index (κ2) is 4.70. The van der Waals surface area contributed by atoms with Gasteiger partial charge in [-0.3, -0.25) is 4.79 Å². The second-order valence-corrected chi connectivity index (χ2v) is 5.66. The van der Waals surface area contributed by atoms with Gasteiger partial charge in [0.25, 0.3) is 0 Å². The molecule has 0 saturated carbocycles. The molecule has 3 nitrogen and oxygen atoms in total. The van der Waals surface area contributed by atoms with Gasteiger partial charge >= 0.3 is 0 Å². The predicted octanol–water partition coefficient (Wildman–Crippen LogP) is 1.35. The number of carbonyl (C=O) groups excluding carboxylic acids is 1. The van der Waals surface area contributed by atoms with E-state index in [1.54, 1.807) is 11.8 Å². The maximum Gasteiger partial charge on any atom is 0.228 e. The first-order valence-electron chi connectivity index (χ1n) is 6.07. The van der Waals surface area contributed by atoms with Crippen LogP contribution < -0.4 is 10.6 Å². The number of rotatable bonds is 2. The summed E-state index contributed by atoms with van der Waals surface area (Å²) in [7, 11) is 0. The summed E-state index contributed by atoms with van der Waals surface area (Å²) in [5.41, 5.74) is 1.20. The Labute approximate surface area is 105 Å². The topological polar surface area (TPSA) is 41.1 Å². The molecule has 0 bridgehead atoms. The van der Waals surface area contributed by atoms with E-state index in [4.69, 9.17) is 0 Å². The number of benzene rings is 1. The van der Waals surface area contributed by atoms with E-state index in [0.717, 1.165) is 25.3 Å². The third kappa shape index (κ3) is 2.19. The van der Waals surface area contributed by atoms with E-state index in [9.17, 15) is 4.79 Å². The predicted molar refractivity (Wildman–Crippen MR) is 69.3 cm³/mol. The number of amides is 1. The molecule has 17 heavy (non-hydrogen) atoms. The summed E-state index contributed by atoms with van der Waals surface area (Å²) in [5.74, 6) is 1.11. The molecule has 1 amide bonds. The highest BCUT2D eigenvalue weighted by Crippen LogP contribution is 2.39. The molecule has 1 aromatic rings. The third-order valence-corrected chi connectivity index (χ3v) is 4.61. The van der Waals surface area contributed by atoms with Crippen molar-refractivity contribution in [2.24, 2.45) is 0 Å². The van der Waals surface area contributed by atoms with Gasteiger partial charge in [-0.15, -0.1) is 11.8 Å². The van der Waals surface area contributed by atoms with Gasteiger partial charge in [0.05, 0.1) is 5.92 Å². The lowest BCUT2D eigenvalue weighted by Gasteiger charge is -2.15. The van der Waals surface area contributed by atoms with Crippen LogP contribution in [0.25, 0.3) is 0 Å². The van der Waals surface area contributed by atoms with Crippen molar-refractivity contribution in [1.82, 2.24) is 10.6 Å². The molecule has 0 spiro atoms. The van der Waals surface area contributed by atoms with Crippen LogP contribution in [0, 0.1) is 0 Å². The van der Waals surface area contributed by atoms with Crippen molar-refractivity contribution < 1.29 is 4.79 Å². The quantitative estimate of drug-likeness (QED) is 0.830. The van der Waals surface area contributed by atoms with Crippen LogP contribution in [0.4, 0.5) is 0 Å². The van der Waals surface area contributed by atoms with Crippen LogP contribution in [0.5, 0.6) is 0 Å². The minimum Gasteiger partial charge on any atom is -0.351 e. The van der Waals surface area contributed by atoms with Crippen LogP contribution in [0.1, 0.15) is 17.9 Å². The van der Waals surface area contributed by atoms with Crippen molar-refractivity contribution in [2.45, 2.75) is 23.3 Å². The first-order chi connectivity index (χ1) is 8.34. The fourth-order valence-corrected chi connectivity index (χ4v) is 3.69. The van der Waals surface area contributed by atoms with Gasteiger partial charge in [0.2, 0.25) is 5.91 Å². The van der Waals surface area contributed by atoms with Gasteiger partial charge in [-0.05, 0) is 24.6 Å². The van der Waals surface area contributed by atoms with Gasteiger partial charge in [0.1, 0.15) is 0 Å². The van der Waals surface area contributed by atoms with Gasteiger partial charge in [-0.1, -0.05) is 18.2 Å². The summed E-state index contributed by atoms with van der Waals surface area (Å²) >= 11 is 1.79. The number of carbonyl (C=O) groups is 1. The van der Waals surface area contributed by atoms with Crippen molar-refractivity contribution in [3.8, 4) is 0 Å². The monoisotopic (exact) mass is 248 g/mol. The van der Waals surface area contributed by atoms with Gasteiger partial charge in [-0.25, -0.2) is 0 Å². The zero-order valence-corrected chi connectivity index (χ0v) is 10.4. The highest BCUT2D eigenvalue weighted by atomic mass is 32.2. The Hall–Kier alpha value is -1.00. The molecule has 3 rings (SSSR count). The highest BCUT2D eigenvalue weighted by molar-refractivity contribution is 7.99. The van der Waals surface area contributed by atoms with Gasteiger partial charge in [-0.2, -0.15) is 0 Å². The number of thioether (sulfide) groups is 1. The molecule has 0 aromatic heterocycles. The Morgan fingerprint density at radius 3 is 3.12 bits per heavy atom. The second-order valence-electron chi connectivity index (χ2n) is 4.60. The van der Waals surface area contributed by atoms with E-state index < -0.39 is 0 Å². The standard InChI is InChI=1S/C13H16N2OS/c16-13(15-9-5-6-14-7-9)11-8-17-12-4-2-1-3-10(11)12/h1-4,9,11,14H,5-8H2,(H,15,16). The zero-order chi connectivity index (χ0) is 11.7. The summed E-state index contributed by atoms with van der Waals surface area (Å²) in [6.45, 7) is 1.92. The van der Waals surface area contributed by atoms with Crippen LogP contribution in [0.3, 0.4) is 0 Å². The van der Waals surface area contributed by atoms with Gasteiger partial charge in [0, 0.05) is 23.2 Å². The van der Waals surface area contributed by atoms with E-state index in [1.165, 1.54) is 10.5 Å². The molecule has 1 saturated heterocycles. The minimum atomic E-state index is 0.0387. The van der Waals surface area contributed by atoms with Crippen LogP contribution in [0.15, 0.2) is 29.2 Å². The molecule has 1 aromatic carbocycles. The van der Waals surface area contributed by atoms with Gasteiger partial charge < -0.3 is 10.6 Å². The lowest BCUT2D eigenvalue weighted by Crippen LogP contribution is -2.39. The summed E-state index contributed by atoms with van der Waals surface area (Å²) in [6, 6.07) is 8.55. The highest BCUT2D eigenvalue weighted by Gasteiger charge is 2.30. The van der Waals surface area contributed by atoms with Crippen molar-refractivity contribution in [3.63, 3.8) is 0 Å². The molecular formula is C13H16N2OS. The first-order valence-corrected chi connectivity index (χ1v) is 7.06.